The third kappa shape index (κ3) is 3.61. The highest BCUT2D eigenvalue weighted by Gasteiger charge is 2.32. The Bertz CT molecular complexity index is 504. The SMILES string of the molecule is O=C1c2cc(I)ccc2CN1C1CCCCCCCCC1. The zero-order valence-electron chi connectivity index (χ0n) is 12.6. The molecule has 1 heterocycles. The van der Waals surface area contributed by atoms with Crippen LogP contribution in [0, 0.1) is 3.57 Å². The van der Waals surface area contributed by atoms with E-state index in [1.54, 1.807) is 0 Å². The maximum atomic E-state index is 12.7. The summed E-state index contributed by atoms with van der Waals surface area (Å²) in [5.41, 5.74) is 2.16. The zero-order chi connectivity index (χ0) is 14.7. The molecule has 2 aliphatic rings. The van der Waals surface area contributed by atoms with Crippen molar-refractivity contribution in [3.8, 4) is 0 Å². The predicted molar refractivity (Wildman–Crippen MR) is 94.4 cm³/mol. The normalized spacial score (nSPS) is 21.4. The molecule has 1 saturated carbocycles. The van der Waals surface area contributed by atoms with Gasteiger partial charge in [-0.15, -0.1) is 0 Å². The number of carbonyl (C=O) groups is 1. The van der Waals surface area contributed by atoms with E-state index >= 15 is 0 Å². The monoisotopic (exact) mass is 397 g/mol. The van der Waals surface area contributed by atoms with Crippen LogP contribution in [0.4, 0.5) is 0 Å². The molecular weight excluding hydrogens is 373 g/mol. The van der Waals surface area contributed by atoms with E-state index in [0.29, 0.717) is 6.04 Å². The van der Waals surface area contributed by atoms with Gasteiger partial charge in [0, 0.05) is 21.7 Å². The Balaban J connectivity index is 1.72. The third-order valence-electron chi connectivity index (χ3n) is 4.92. The van der Waals surface area contributed by atoms with Gasteiger partial charge in [0.1, 0.15) is 0 Å². The fourth-order valence-electron chi connectivity index (χ4n) is 3.69. The molecule has 21 heavy (non-hydrogen) atoms. The average Bonchev–Trinajstić information content (AvgIpc) is 2.81. The highest BCUT2D eigenvalue weighted by Crippen LogP contribution is 2.30. The van der Waals surface area contributed by atoms with E-state index < -0.39 is 0 Å². The number of halogens is 1. The van der Waals surface area contributed by atoms with Crippen molar-refractivity contribution in [2.75, 3.05) is 0 Å². The van der Waals surface area contributed by atoms with Crippen LogP contribution in [0.2, 0.25) is 0 Å². The van der Waals surface area contributed by atoms with Crippen molar-refractivity contribution in [1.29, 1.82) is 0 Å². The number of carbonyl (C=O) groups excluding carboxylic acids is 1. The lowest BCUT2D eigenvalue weighted by Gasteiger charge is -2.28. The van der Waals surface area contributed by atoms with Crippen molar-refractivity contribution >= 4 is 28.5 Å². The van der Waals surface area contributed by atoms with Gasteiger partial charge in [-0.3, -0.25) is 4.79 Å². The van der Waals surface area contributed by atoms with Gasteiger partial charge in [0.15, 0.2) is 0 Å². The molecule has 1 aromatic rings. The molecule has 0 spiro atoms. The Morgan fingerprint density at radius 2 is 1.57 bits per heavy atom. The van der Waals surface area contributed by atoms with Gasteiger partial charge in [0.2, 0.25) is 0 Å². The van der Waals surface area contributed by atoms with Crippen molar-refractivity contribution in [3.63, 3.8) is 0 Å². The van der Waals surface area contributed by atoms with E-state index in [1.807, 2.05) is 0 Å². The first kappa shape index (κ1) is 15.3. The van der Waals surface area contributed by atoms with E-state index in [-0.39, 0.29) is 5.91 Å². The zero-order valence-corrected chi connectivity index (χ0v) is 14.8. The van der Waals surface area contributed by atoms with E-state index in [0.717, 1.165) is 15.7 Å². The first-order valence-corrected chi connectivity index (χ1v) is 9.43. The molecule has 2 nitrogen and oxygen atoms in total. The minimum Gasteiger partial charge on any atom is -0.331 e. The molecular formula is C18H24INO. The Morgan fingerprint density at radius 3 is 2.24 bits per heavy atom. The van der Waals surface area contributed by atoms with Gasteiger partial charge in [-0.05, 0) is 53.1 Å². The Kier molecular flexibility index (Phi) is 5.19. The van der Waals surface area contributed by atoms with Crippen LogP contribution in [0.1, 0.15) is 73.7 Å². The van der Waals surface area contributed by atoms with Gasteiger partial charge in [-0.25, -0.2) is 0 Å². The van der Waals surface area contributed by atoms with Crippen LogP contribution in [0.3, 0.4) is 0 Å². The Labute approximate surface area is 141 Å². The molecule has 3 heteroatoms. The van der Waals surface area contributed by atoms with Crippen LogP contribution in [-0.4, -0.2) is 16.8 Å². The van der Waals surface area contributed by atoms with E-state index in [2.05, 4.69) is 45.7 Å². The van der Waals surface area contributed by atoms with Gasteiger partial charge in [-0.1, -0.05) is 51.0 Å². The van der Waals surface area contributed by atoms with Crippen molar-refractivity contribution in [1.82, 2.24) is 4.90 Å². The van der Waals surface area contributed by atoms with Crippen LogP contribution < -0.4 is 0 Å². The summed E-state index contributed by atoms with van der Waals surface area (Å²) in [7, 11) is 0. The summed E-state index contributed by atoms with van der Waals surface area (Å²) in [6, 6.07) is 6.76. The smallest absolute Gasteiger partial charge is 0.254 e. The quantitative estimate of drug-likeness (QED) is 0.601. The summed E-state index contributed by atoms with van der Waals surface area (Å²) >= 11 is 2.29. The molecule has 114 valence electrons. The first-order valence-electron chi connectivity index (χ1n) is 8.35. The van der Waals surface area contributed by atoms with Crippen molar-refractivity contribution in [2.24, 2.45) is 0 Å². The van der Waals surface area contributed by atoms with Crippen LogP contribution in [0.25, 0.3) is 0 Å². The summed E-state index contributed by atoms with van der Waals surface area (Å²) in [6.45, 7) is 0.829. The second kappa shape index (κ2) is 7.12. The van der Waals surface area contributed by atoms with Crippen LogP contribution in [0.5, 0.6) is 0 Å². The lowest BCUT2D eigenvalue weighted by Crippen LogP contribution is -2.35. The van der Waals surface area contributed by atoms with E-state index in [4.69, 9.17) is 0 Å². The van der Waals surface area contributed by atoms with Gasteiger partial charge in [0.25, 0.3) is 5.91 Å². The minimum absolute atomic E-state index is 0.269. The molecule has 1 fully saturated rings. The number of hydrogen-bond acceptors (Lipinski definition) is 1. The van der Waals surface area contributed by atoms with Gasteiger partial charge in [0.05, 0.1) is 0 Å². The van der Waals surface area contributed by atoms with Crippen LogP contribution in [0.15, 0.2) is 18.2 Å². The van der Waals surface area contributed by atoms with Crippen LogP contribution >= 0.6 is 22.6 Å². The maximum Gasteiger partial charge on any atom is 0.254 e. The fourth-order valence-corrected chi connectivity index (χ4v) is 4.18. The molecule has 0 saturated heterocycles. The minimum atomic E-state index is 0.269. The summed E-state index contributed by atoms with van der Waals surface area (Å²) < 4.78 is 1.16. The molecule has 0 atom stereocenters. The van der Waals surface area contributed by atoms with Gasteiger partial charge < -0.3 is 4.90 Å². The van der Waals surface area contributed by atoms with Gasteiger partial charge in [-0.2, -0.15) is 0 Å². The lowest BCUT2D eigenvalue weighted by atomic mass is 9.96. The largest absolute Gasteiger partial charge is 0.331 e. The van der Waals surface area contributed by atoms with Crippen molar-refractivity contribution < 1.29 is 4.79 Å². The number of rotatable bonds is 1. The summed E-state index contributed by atoms with van der Waals surface area (Å²) in [5, 5.41) is 0. The Morgan fingerprint density at radius 1 is 0.952 bits per heavy atom. The highest BCUT2D eigenvalue weighted by atomic mass is 127. The standard InChI is InChI=1S/C18H24INO/c19-15-11-10-14-13-20(18(21)17(14)12-15)16-8-6-4-2-1-3-5-7-9-16/h10-12,16H,1-9,13H2. The third-order valence-corrected chi connectivity index (χ3v) is 5.59. The molecule has 0 radical (unpaired) electrons. The van der Waals surface area contributed by atoms with Crippen molar-refractivity contribution in [2.45, 2.75) is 70.4 Å². The maximum absolute atomic E-state index is 12.7. The van der Waals surface area contributed by atoms with E-state index in [1.165, 1.54) is 63.4 Å². The molecule has 1 amide bonds. The molecule has 1 aromatic carbocycles. The molecule has 0 aromatic heterocycles. The molecule has 3 rings (SSSR count). The topological polar surface area (TPSA) is 20.3 Å². The number of amides is 1. The second-order valence-electron chi connectivity index (χ2n) is 6.44. The van der Waals surface area contributed by atoms with Crippen molar-refractivity contribution in [3.05, 3.63) is 32.9 Å². The first-order chi connectivity index (χ1) is 10.3. The lowest BCUT2D eigenvalue weighted by molar-refractivity contribution is 0.0676. The molecule has 0 bridgehead atoms. The van der Waals surface area contributed by atoms with Crippen LogP contribution in [-0.2, 0) is 6.54 Å². The molecule has 1 aliphatic carbocycles. The molecule has 0 N–H and O–H groups in total. The number of hydrogen-bond donors (Lipinski definition) is 0. The summed E-state index contributed by atoms with van der Waals surface area (Å²) in [4.78, 5) is 14.9. The predicted octanol–water partition coefficient (Wildman–Crippen LogP) is 5.14. The number of fused-ring (bicyclic) bond motifs is 1. The molecule has 0 unspecified atom stereocenters. The Hall–Kier alpha value is -0.580. The van der Waals surface area contributed by atoms with E-state index in [9.17, 15) is 4.79 Å². The number of benzene rings is 1. The summed E-state index contributed by atoms with van der Waals surface area (Å²) in [6.07, 6.45) is 11.8. The fraction of sp³-hybridized carbons (Fsp3) is 0.611. The average molecular weight is 397 g/mol. The van der Waals surface area contributed by atoms with Gasteiger partial charge >= 0.3 is 0 Å². The summed E-state index contributed by atoms with van der Waals surface area (Å²) in [5.74, 6) is 0.269. The number of nitrogens with zero attached hydrogens (tertiary/aromatic N) is 1. The molecule has 1 aliphatic heterocycles. The highest BCUT2D eigenvalue weighted by molar-refractivity contribution is 14.1. The second-order valence-corrected chi connectivity index (χ2v) is 7.69.